The largest absolute Gasteiger partial charge is 0.508 e. The van der Waals surface area contributed by atoms with Gasteiger partial charge in [0.15, 0.2) is 5.78 Å². The molecule has 126 valence electrons. The van der Waals surface area contributed by atoms with E-state index in [0.29, 0.717) is 19.3 Å². The molecule has 23 heavy (non-hydrogen) atoms. The number of ketones is 2. The molecular formula is C19H27NO3. The molecule has 0 saturated heterocycles. The van der Waals surface area contributed by atoms with Crippen LogP contribution in [-0.4, -0.2) is 28.4 Å². The van der Waals surface area contributed by atoms with Gasteiger partial charge in [0, 0.05) is 18.6 Å². The molecular weight excluding hydrogens is 290 g/mol. The van der Waals surface area contributed by atoms with Gasteiger partial charge in [-0.25, -0.2) is 0 Å². The minimum absolute atomic E-state index is 0.0467. The SMILES string of the molecule is CCC(=O)[C@H](Cc1ccc(O)cc1)/N=C(\CC)C(C)(C)C(C)=O. The molecule has 0 radical (unpaired) electrons. The summed E-state index contributed by atoms with van der Waals surface area (Å²) in [7, 11) is 0. The number of aliphatic imine (C=N–C) groups is 1. The Labute approximate surface area is 138 Å². The number of Topliss-reactive ketones (excluding diaryl/α,β-unsaturated/α-hetero) is 2. The summed E-state index contributed by atoms with van der Waals surface area (Å²) in [5.41, 5.74) is 1.04. The lowest BCUT2D eigenvalue weighted by atomic mass is 9.82. The molecule has 0 bridgehead atoms. The fourth-order valence-electron chi connectivity index (χ4n) is 2.41. The number of carbonyl (C=O) groups is 2. The van der Waals surface area contributed by atoms with E-state index in [2.05, 4.69) is 4.99 Å². The van der Waals surface area contributed by atoms with Gasteiger partial charge < -0.3 is 5.11 Å². The summed E-state index contributed by atoms with van der Waals surface area (Å²) in [5, 5.41) is 9.37. The van der Waals surface area contributed by atoms with E-state index in [4.69, 9.17) is 0 Å². The van der Waals surface area contributed by atoms with Crippen molar-refractivity contribution in [3.8, 4) is 5.75 Å². The standard InChI is InChI=1S/C19H27NO3/c1-6-17(23)16(12-14-8-10-15(22)11-9-14)20-18(7-2)19(4,5)13(3)21/h8-11,16,22H,6-7,12H2,1-5H3/b20-18+/t16-/m0/s1. The fourth-order valence-corrected chi connectivity index (χ4v) is 2.41. The molecule has 0 fully saturated rings. The van der Waals surface area contributed by atoms with Crippen molar-refractivity contribution in [1.29, 1.82) is 0 Å². The van der Waals surface area contributed by atoms with E-state index < -0.39 is 11.5 Å². The normalized spacial score (nSPS) is 13.7. The molecule has 0 aliphatic carbocycles. The van der Waals surface area contributed by atoms with E-state index in [1.165, 1.54) is 0 Å². The first-order valence-electron chi connectivity index (χ1n) is 8.11. The van der Waals surface area contributed by atoms with Gasteiger partial charge in [-0.05, 0) is 44.9 Å². The zero-order valence-electron chi connectivity index (χ0n) is 14.7. The maximum absolute atomic E-state index is 12.3. The van der Waals surface area contributed by atoms with Gasteiger partial charge in [-0.1, -0.05) is 26.0 Å². The summed E-state index contributed by atoms with van der Waals surface area (Å²) >= 11 is 0. The van der Waals surface area contributed by atoms with Gasteiger partial charge in [-0.2, -0.15) is 0 Å². The fraction of sp³-hybridized carbons (Fsp3) is 0.526. The van der Waals surface area contributed by atoms with Gasteiger partial charge >= 0.3 is 0 Å². The van der Waals surface area contributed by atoms with Crippen molar-refractivity contribution in [2.75, 3.05) is 0 Å². The van der Waals surface area contributed by atoms with E-state index in [1.54, 1.807) is 31.2 Å². The molecule has 1 aromatic carbocycles. The van der Waals surface area contributed by atoms with Crippen molar-refractivity contribution in [1.82, 2.24) is 0 Å². The maximum Gasteiger partial charge on any atom is 0.157 e. The first-order valence-corrected chi connectivity index (χ1v) is 8.11. The lowest BCUT2D eigenvalue weighted by Gasteiger charge is -2.25. The average molecular weight is 317 g/mol. The van der Waals surface area contributed by atoms with Crippen molar-refractivity contribution >= 4 is 17.3 Å². The molecule has 4 nitrogen and oxygen atoms in total. The average Bonchev–Trinajstić information content (AvgIpc) is 2.52. The number of aromatic hydroxyl groups is 1. The molecule has 0 unspecified atom stereocenters. The van der Waals surface area contributed by atoms with Crippen molar-refractivity contribution in [3.63, 3.8) is 0 Å². The van der Waals surface area contributed by atoms with Crippen molar-refractivity contribution < 1.29 is 14.7 Å². The smallest absolute Gasteiger partial charge is 0.157 e. The van der Waals surface area contributed by atoms with Crippen LogP contribution in [0.2, 0.25) is 0 Å². The van der Waals surface area contributed by atoms with Crippen LogP contribution in [-0.2, 0) is 16.0 Å². The predicted octanol–water partition coefficient (Wildman–Crippen LogP) is 3.75. The molecule has 0 amide bonds. The monoisotopic (exact) mass is 317 g/mol. The van der Waals surface area contributed by atoms with Gasteiger partial charge in [-0.15, -0.1) is 0 Å². The number of nitrogens with zero attached hydrogens (tertiary/aromatic N) is 1. The Kier molecular flexibility index (Phi) is 6.67. The predicted molar refractivity (Wildman–Crippen MR) is 93.1 cm³/mol. The third kappa shape index (κ3) is 5.02. The lowest BCUT2D eigenvalue weighted by Crippen LogP contribution is -2.34. The van der Waals surface area contributed by atoms with E-state index in [1.807, 2.05) is 27.7 Å². The van der Waals surface area contributed by atoms with Crippen LogP contribution in [0.25, 0.3) is 0 Å². The Hall–Kier alpha value is -1.97. The highest BCUT2D eigenvalue weighted by Crippen LogP contribution is 2.23. The molecule has 0 aliphatic rings. The zero-order valence-corrected chi connectivity index (χ0v) is 14.7. The third-order valence-electron chi connectivity index (χ3n) is 4.33. The van der Waals surface area contributed by atoms with Crippen molar-refractivity contribution in [3.05, 3.63) is 29.8 Å². The van der Waals surface area contributed by atoms with E-state index in [0.717, 1.165) is 11.3 Å². The van der Waals surface area contributed by atoms with E-state index in [9.17, 15) is 14.7 Å². The van der Waals surface area contributed by atoms with Crippen LogP contribution in [0.4, 0.5) is 0 Å². The van der Waals surface area contributed by atoms with Gasteiger partial charge in [0.1, 0.15) is 17.6 Å². The number of carbonyl (C=O) groups excluding carboxylic acids is 2. The number of rotatable bonds is 8. The van der Waals surface area contributed by atoms with Gasteiger partial charge in [0.05, 0.1) is 5.41 Å². The maximum atomic E-state index is 12.3. The minimum Gasteiger partial charge on any atom is -0.508 e. The molecule has 0 aromatic heterocycles. The summed E-state index contributed by atoms with van der Waals surface area (Å²) in [5.74, 6) is 0.302. The van der Waals surface area contributed by atoms with Crippen molar-refractivity contribution in [2.45, 2.75) is 59.9 Å². The van der Waals surface area contributed by atoms with Crippen LogP contribution in [0, 0.1) is 5.41 Å². The van der Waals surface area contributed by atoms with Gasteiger partial charge in [-0.3, -0.25) is 14.6 Å². The molecule has 1 aromatic rings. The first-order chi connectivity index (χ1) is 10.7. The molecule has 1 N–H and O–H groups in total. The molecule has 4 heteroatoms. The van der Waals surface area contributed by atoms with Crippen molar-refractivity contribution in [2.24, 2.45) is 10.4 Å². The second-order valence-corrected chi connectivity index (χ2v) is 6.32. The van der Waals surface area contributed by atoms with E-state index >= 15 is 0 Å². The topological polar surface area (TPSA) is 66.7 Å². The molecule has 0 aliphatic heterocycles. The summed E-state index contributed by atoms with van der Waals surface area (Å²) in [6, 6.07) is 6.31. The van der Waals surface area contributed by atoms with Crippen LogP contribution in [0.5, 0.6) is 5.75 Å². The Morgan fingerprint density at radius 2 is 1.70 bits per heavy atom. The highest BCUT2D eigenvalue weighted by Gasteiger charge is 2.30. The number of hydrogen-bond acceptors (Lipinski definition) is 4. The molecule has 0 saturated carbocycles. The summed E-state index contributed by atoms with van der Waals surface area (Å²) in [6.07, 6.45) is 1.52. The van der Waals surface area contributed by atoms with Gasteiger partial charge in [0.25, 0.3) is 0 Å². The Bertz CT molecular complexity index is 585. The third-order valence-corrected chi connectivity index (χ3v) is 4.33. The van der Waals surface area contributed by atoms with Gasteiger partial charge in [0.2, 0.25) is 0 Å². The first kappa shape index (κ1) is 19.1. The lowest BCUT2D eigenvalue weighted by molar-refractivity contribution is -0.122. The second kappa shape index (κ2) is 8.04. The van der Waals surface area contributed by atoms with Crippen LogP contribution in [0.15, 0.2) is 29.3 Å². The highest BCUT2D eigenvalue weighted by atomic mass is 16.3. The van der Waals surface area contributed by atoms with E-state index in [-0.39, 0.29) is 17.3 Å². The van der Waals surface area contributed by atoms with Crippen LogP contribution in [0.3, 0.4) is 0 Å². The molecule has 0 spiro atoms. The van der Waals surface area contributed by atoms with Crippen LogP contribution >= 0.6 is 0 Å². The zero-order chi connectivity index (χ0) is 17.6. The summed E-state index contributed by atoms with van der Waals surface area (Å²) in [4.78, 5) is 28.8. The minimum atomic E-state index is -0.657. The number of phenols is 1. The quantitative estimate of drug-likeness (QED) is 0.743. The highest BCUT2D eigenvalue weighted by molar-refractivity contribution is 6.08. The number of phenolic OH excluding ortho intramolecular Hbond substituents is 1. The molecule has 1 atom stereocenters. The molecule has 1 rings (SSSR count). The summed E-state index contributed by atoms with van der Waals surface area (Å²) < 4.78 is 0. The second-order valence-electron chi connectivity index (χ2n) is 6.32. The van der Waals surface area contributed by atoms with Crippen LogP contribution < -0.4 is 0 Å². The Morgan fingerprint density at radius 3 is 2.13 bits per heavy atom. The number of benzene rings is 1. The molecule has 0 heterocycles. The summed E-state index contributed by atoms with van der Waals surface area (Å²) in [6.45, 7) is 9.04. The Balaban J connectivity index is 3.15. The van der Waals surface area contributed by atoms with Crippen LogP contribution in [0.1, 0.15) is 53.0 Å². The number of hydrogen-bond donors (Lipinski definition) is 1. The Morgan fingerprint density at radius 1 is 1.13 bits per heavy atom.